The summed E-state index contributed by atoms with van der Waals surface area (Å²) in [4.78, 5) is 30.7. The van der Waals surface area contributed by atoms with E-state index in [0.29, 0.717) is 16.8 Å². The maximum Gasteiger partial charge on any atom is 0.261 e. The molecule has 0 saturated heterocycles. The molecule has 1 unspecified atom stereocenters. The Morgan fingerprint density at radius 2 is 2.14 bits per heavy atom. The van der Waals surface area contributed by atoms with Gasteiger partial charge in [0.2, 0.25) is 5.91 Å². The van der Waals surface area contributed by atoms with Crippen molar-refractivity contribution in [1.82, 2.24) is 14.5 Å². The Kier molecular flexibility index (Phi) is 3.49. The molecule has 0 aliphatic heterocycles. The number of rotatable bonds is 4. The van der Waals surface area contributed by atoms with Gasteiger partial charge in [-0.15, -0.1) is 0 Å². The van der Waals surface area contributed by atoms with Crippen LogP contribution in [-0.4, -0.2) is 33.4 Å². The molecule has 0 N–H and O–H groups in total. The van der Waals surface area contributed by atoms with E-state index in [2.05, 4.69) is 11.9 Å². The first-order chi connectivity index (χ1) is 10.1. The SMILES string of the molecule is CC(C1CC1)N(C)C(=O)Cn1cnc2ccccc2c1=O. The summed E-state index contributed by atoms with van der Waals surface area (Å²) < 4.78 is 1.39. The Bertz CT molecular complexity index is 734. The summed E-state index contributed by atoms with van der Waals surface area (Å²) in [6.07, 6.45) is 3.84. The predicted molar refractivity (Wildman–Crippen MR) is 81.0 cm³/mol. The van der Waals surface area contributed by atoms with Gasteiger partial charge in [0.05, 0.1) is 17.2 Å². The number of nitrogens with zero attached hydrogens (tertiary/aromatic N) is 3. The van der Waals surface area contributed by atoms with Crippen molar-refractivity contribution in [2.75, 3.05) is 7.05 Å². The van der Waals surface area contributed by atoms with Gasteiger partial charge >= 0.3 is 0 Å². The van der Waals surface area contributed by atoms with Gasteiger partial charge in [-0.3, -0.25) is 14.2 Å². The molecule has 1 heterocycles. The number of hydrogen-bond donors (Lipinski definition) is 0. The topological polar surface area (TPSA) is 55.2 Å². The fourth-order valence-electron chi connectivity index (χ4n) is 2.60. The Balaban J connectivity index is 1.82. The number of aromatic nitrogens is 2. The molecule has 1 saturated carbocycles. The molecule has 0 spiro atoms. The highest BCUT2D eigenvalue weighted by molar-refractivity contribution is 5.79. The maximum absolute atomic E-state index is 12.4. The summed E-state index contributed by atoms with van der Waals surface area (Å²) in [7, 11) is 1.81. The van der Waals surface area contributed by atoms with Crippen LogP contribution in [0.5, 0.6) is 0 Å². The van der Waals surface area contributed by atoms with Crippen LogP contribution in [0, 0.1) is 5.92 Å². The molecule has 1 aliphatic rings. The second-order valence-electron chi connectivity index (χ2n) is 5.78. The molecule has 1 amide bonds. The van der Waals surface area contributed by atoms with E-state index in [0.717, 1.165) is 0 Å². The first kappa shape index (κ1) is 13.8. The average molecular weight is 285 g/mol. The minimum absolute atomic E-state index is 0.0459. The molecule has 1 aliphatic carbocycles. The number of hydrogen-bond acceptors (Lipinski definition) is 3. The van der Waals surface area contributed by atoms with Crippen LogP contribution in [0.2, 0.25) is 0 Å². The van der Waals surface area contributed by atoms with Crippen LogP contribution in [0.3, 0.4) is 0 Å². The molecule has 110 valence electrons. The molecule has 0 radical (unpaired) electrons. The van der Waals surface area contributed by atoms with Gasteiger partial charge < -0.3 is 4.90 Å². The molecule has 1 aromatic heterocycles. The van der Waals surface area contributed by atoms with E-state index < -0.39 is 0 Å². The molecule has 5 nitrogen and oxygen atoms in total. The number of likely N-dealkylation sites (N-methyl/N-ethyl adjacent to an activating group) is 1. The molecular weight excluding hydrogens is 266 g/mol. The third-order valence-corrected chi connectivity index (χ3v) is 4.35. The Morgan fingerprint density at radius 3 is 2.86 bits per heavy atom. The summed E-state index contributed by atoms with van der Waals surface area (Å²) in [5, 5.41) is 0.547. The lowest BCUT2D eigenvalue weighted by molar-refractivity contribution is -0.132. The van der Waals surface area contributed by atoms with Crippen LogP contribution in [0.15, 0.2) is 35.4 Å². The minimum Gasteiger partial charge on any atom is -0.341 e. The van der Waals surface area contributed by atoms with Gasteiger partial charge in [0.1, 0.15) is 6.54 Å². The van der Waals surface area contributed by atoms with Crippen molar-refractivity contribution in [3.05, 3.63) is 40.9 Å². The van der Waals surface area contributed by atoms with E-state index in [9.17, 15) is 9.59 Å². The van der Waals surface area contributed by atoms with Crippen molar-refractivity contribution < 1.29 is 4.79 Å². The monoisotopic (exact) mass is 285 g/mol. The molecule has 2 aromatic rings. The summed E-state index contributed by atoms with van der Waals surface area (Å²) in [5.74, 6) is 0.569. The van der Waals surface area contributed by atoms with E-state index in [1.54, 1.807) is 23.1 Å². The molecular formula is C16H19N3O2. The van der Waals surface area contributed by atoms with Gasteiger partial charge in [0.25, 0.3) is 5.56 Å². The van der Waals surface area contributed by atoms with Crippen LogP contribution in [-0.2, 0) is 11.3 Å². The Hall–Kier alpha value is -2.17. The van der Waals surface area contributed by atoms with Gasteiger partial charge in [0.15, 0.2) is 0 Å². The molecule has 1 fully saturated rings. The zero-order chi connectivity index (χ0) is 15.0. The van der Waals surface area contributed by atoms with Crippen molar-refractivity contribution in [3.8, 4) is 0 Å². The third-order valence-electron chi connectivity index (χ3n) is 4.35. The molecule has 1 atom stereocenters. The molecule has 21 heavy (non-hydrogen) atoms. The van der Waals surface area contributed by atoms with Crippen molar-refractivity contribution >= 4 is 16.8 Å². The first-order valence-electron chi connectivity index (χ1n) is 7.28. The number of benzene rings is 1. The van der Waals surface area contributed by atoms with E-state index >= 15 is 0 Å². The van der Waals surface area contributed by atoms with Crippen LogP contribution in [0.1, 0.15) is 19.8 Å². The first-order valence-corrected chi connectivity index (χ1v) is 7.28. The molecule has 3 rings (SSSR count). The number of carbonyl (C=O) groups is 1. The van der Waals surface area contributed by atoms with Gasteiger partial charge in [-0.25, -0.2) is 4.98 Å². The number of amides is 1. The quantitative estimate of drug-likeness (QED) is 0.858. The zero-order valence-corrected chi connectivity index (χ0v) is 12.3. The van der Waals surface area contributed by atoms with Gasteiger partial charge in [-0.1, -0.05) is 12.1 Å². The van der Waals surface area contributed by atoms with Gasteiger partial charge in [0, 0.05) is 13.1 Å². The van der Waals surface area contributed by atoms with Gasteiger partial charge in [-0.2, -0.15) is 0 Å². The van der Waals surface area contributed by atoms with Crippen molar-refractivity contribution in [2.45, 2.75) is 32.4 Å². The predicted octanol–water partition coefficient (Wildman–Crippen LogP) is 1.65. The summed E-state index contributed by atoms with van der Waals surface area (Å²) in [6.45, 7) is 2.11. The maximum atomic E-state index is 12.4. The lowest BCUT2D eigenvalue weighted by atomic mass is 10.2. The summed E-state index contributed by atoms with van der Waals surface area (Å²) in [5.41, 5.74) is 0.493. The van der Waals surface area contributed by atoms with Crippen molar-refractivity contribution in [1.29, 1.82) is 0 Å². The van der Waals surface area contributed by atoms with Crippen LogP contribution in [0.25, 0.3) is 10.9 Å². The van der Waals surface area contributed by atoms with E-state index in [4.69, 9.17) is 0 Å². The van der Waals surface area contributed by atoms with Gasteiger partial charge in [-0.05, 0) is 37.8 Å². The summed E-state index contributed by atoms with van der Waals surface area (Å²) in [6, 6.07) is 7.42. The van der Waals surface area contributed by atoms with Crippen molar-refractivity contribution in [3.63, 3.8) is 0 Å². The van der Waals surface area contributed by atoms with Crippen LogP contribution < -0.4 is 5.56 Å². The second kappa shape index (κ2) is 5.31. The smallest absolute Gasteiger partial charge is 0.261 e. The van der Waals surface area contributed by atoms with E-state index in [1.165, 1.54) is 23.7 Å². The van der Waals surface area contributed by atoms with Crippen molar-refractivity contribution in [2.24, 2.45) is 5.92 Å². The molecule has 1 aromatic carbocycles. The molecule has 5 heteroatoms. The minimum atomic E-state index is -0.165. The number of para-hydroxylation sites is 1. The van der Waals surface area contributed by atoms with E-state index in [1.807, 2.05) is 13.1 Å². The molecule has 0 bridgehead atoms. The third kappa shape index (κ3) is 2.68. The van der Waals surface area contributed by atoms with Crippen LogP contribution >= 0.6 is 0 Å². The van der Waals surface area contributed by atoms with E-state index in [-0.39, 0.29) is 24.1 Å². The lowest BCUT2D eigenvalue weighted by Crippen LogP contribution is -2.40. The van der Waals surface area contributed by atoms with Crippen LogP contribution in [0.4, 0.5) is 0 Å². The largest absolute Gasteiger partial charge is 0.341 e. The number of carbonyl (C=O) groups excluding carboxylic acids is 1. The second-order valence-corrected chi connectivity index (χ2v) is 5.78. The number of fused-ring (bicyclic) bond motifs is 1. The highest BCUT2D eigenvalue weighted by Crippen LogP contribution is 2.34. The summed E-state index contributed by atoms with van der Waals surface area (Å²) >= 11 is 0. The normalized spacial score (nSPS) is 15.9. The standard InChI is InChI=1S/C16H19N3O2/c1-11(12-7-8-12)18(2)15(20)9-19-10-17-14-6-4-3-5-13(14)16(19)21/h3-6,10-12H,7-9H2,1-2H3. The zero-order valence-electron chi connectivity index (χ0n) is 12.3. The lowest BCUT2D eigenvalue weighted by Gasteiger charge is -2.25. The Morgan fingerprint density at radius 1 is 1.43 bits per heavy atom. The fraction of sp³-hybridized carbons (Fsp3) is 0.438. The average Bonchev–Trinajstić information content (AvgIpc) is 3.33. The Labute approximate surface area is 123 Å². The highest BCUT2D eigenvalue weighted by Gasteiger charge is 2.32. The highest BCUT2D eigenvalue weighted by atomic mass is 16.2. The fourth-order valence-corrected chi connectivity index (χ4v) is 2.60.